The van der Waals surface area contributed by atoms with Gasteiger partial charge < -0.3 is 5.32 Å². The third-order valence-electron chi connectivity index (χ3n) is 2.61. The second-order valence-electron chi connectivity index (χ2n) is 3.96. The van der Waals surface area contributed by atoms with Gasteiger partial charge in [-0.25, -0.2) is 4.98 Å². The SMILES string of the molecule is CC(NC(=O)c1cccc([N+](=O)[O-])c1Br)c1ncn[nH]1. The Kier molecular flexibility index (Phi) is 4.08. The lowest BCUT2D eigenvalue weighted by molar-refractivity contribution is -0.385. The molecule has 1 heterocycles. The van der Waals surface area contributed by atoms with Crippen LogP contribution in [0.3, 0.4) is 0 Å². The van der Waals surface area contributed by atoms with Gasteiger partial charge in [-0.15, -0.1) is 0 Å². The summed E-state index contributed by atoms with van der Waals surface area (Å²) in [7, 11) is 0. The fourth-order valence-corrected chi connectivity index (χ4v) is 2.19. The minimum Gasteiger partial charge on any atom is -0.342 e. The van der Waals surface area contributed by atoms with Gasteiger partial charge in [-0.05, 0) is 28.9 Å². The molecule has 2 rings (SSSR count). The van der Waals surface area contributed by atoms with Gasteiger partial charge in [-0.2, -0.15) is 5.10 Å². The zero-order chi connectivity index (χ0) is 14.7. The molecule has 20 heavy (non-hydrogen) atoms. The first kappa shape index (κ1) is 14.1. The lowest BCUT2D eigenvalue weighted by Crippen LogP contribution is -2.27. The quantitative estimate of drug-likeness (QED) is 0.652. The van der Waals surface area contributed by atoms with Gasteiger partial charge in [0.05, 0.1) is 16.5 Å². The van der Waals surface area contributed by atoms with Gasteiger partial charge in [0.25, 0.3) is 11.6 Å². The number of nitrogens with one attached hydrogen (secondary N) is 2. The first-order valence-electron chi connectivity index (χ1n) is 5.59. The maximum absolute atomic E-state index is 12.1. The minimum absolute atomic E-state index is 0.146. The monoisotopic (exact) mass is 339 g/mol. The van der Waals surface area contributed by atoms with Crippen molar-refractivity contribution < 1.29 is 9.72 Å². The zero-order valence-electron chi connectivity index (χ0n) is 10.3. The molecule has 9 heteroatoms. The second-order valence-corrected chi connectivity index (χ2v) is 4.75. The van der Waals surface area contributed by atoms with Gasteiger partial charge in [-0.3, -0.25) is 20.0 Å². The Balaban J connectivity index is 2.22. The van der Waals surface area contributed by atoms with Gasteiger partial charge in [-0.1, -0.05) is 6.07 Å². The molecule has 1 atom stereocenters. The summed E-state index contributed by atoms with van der Waals surface area (Å²) in [6, 6.07) is 3.88. The highest BCUT2D eigenvalue weighted by molar-refractivity contribution is 9.10. The summed E-state index contributed by atoms with van der Waals surface area (Å²) in [5.41, 5.74) is 0.0236. The van der Waals surface area contributed by atoms with Gasteiger partial charge in [0.2, 0.25) is 0 Å². The highest BCUT2D eigenvalue weighted by Crippen LogP contribution is 2.28. The number of hydrogen-bond donors (Lipinski definition) is 2. The summed E-state index contributed by atoms with van der Waals surface area (Å²) in [5.74, 6) is 0.0596. The van der Waals surface area contributed by atoms with E-state index in [1.165, 1.54) is 24.5 Å². The summed E-state index contributed by atoms with van der Waals surface area (Å²) in [6.07, 6.45) is 1.33. The summed E-state index contributed by atoms with van der Waals surface area (Å²) < 4.78 is 0.146. The van der Waals surface area contributed by atoms with Crippen molar-refractivity contribution in [3.8, 4) is 0 Å². The van der Waals surface area contributed by atoms with Crippen molar-refractivity contribution >= 4 is 27.5 Å². The van der Waals surface area contributed by atoms with Crippen LogP contribution in [0, 0.1) is 10.1 Å². The molecule has 0 saturated carbocycles. The van der Waals surface area contributed by atoms with E-state index in [0.29, 0.717) is 5.82 Å². The van der Waals surface area contributed by atoms with Crippen LogP contribution in [0.4, 0.5) is 5.69 Å². The standard InChI is InChI=1S/C11H10BrN5O3/c1-6(10-13-5-14-16-10)15-11(18)7-3-2-4-8(9(7)12)17(19)20/h2-6H,1H3,(H,15,18)(H,13,14,16). The molecule has 1 aromatic heterocycles. The summed E-state index contributed by atoms with van der Waals surface area (Å²) in [6.45, 7) is 1.73. The first-order valence-corrected chi connectivity index (χ1v) is 6.39. The Morgan fingerprint density at radius 2 is 2.30 bits per heavy atom. The van der Waals surface area contributed by atoms with E-state index in [1.54, 1.807) is 6.92 Å². The van der Waals surface area contributed by atoms with E-state index in [0.717, 1.165) is 0 Å². The number of H-pyrrole nitrogens is 1. The molecule has 2 N–H and O–H groups in total. The van der Waals surface area contributed by atoms with Crippen LogP contribution in [-0.4, -0.2) is 26.0 Å². The molecule has 0 radical (unpaired) electrons. The van der Waals surface area contributed by atoms with Gasteiger partial charge in [0.1, 0.15) is 16.6 Å². The lowest BCUT2D eigenvalue weighted by Gasteiger charge is -2.11. The lowest BCUT2D eigenvalue weighted by atomic mass is 10.1. The molecule has 0 saturated heterocycles. The number of halogens is 1. The van der Waals surface area contributed by atoms with Crippen LogP contribution < -0.4 is 5.32 Å². The minimum atomic E-state index is -0.555. The molecule has 8 nitrogen and oxygen atoms in total. The number of nitrogens with zero attached hydrogens (tertiary/aromatic N) is 3. The van der Waals surface area contributed by atoms with Crippen LogP contribution in [-0.2, 0) is 0 Å². The Hall–Kier alpha value is -2.29. The Morgan fingerprint density at radius 1 is 1.55 bits per heavy atom. The first-order chi connectivity index (χ1) is 9.50. The molecule has 0 spiro atoms. The van der Waals surface area contributed by atoms with Crippen molar-refractivity contribution in [2.45, 2.75) is 13.0 Å². The topological polar surface area (TPSA) is 114 Å². The smallest absolute Gasteiger partial charge is 0.284 e. The van der Waals surface area contributed by atoms with E-state index in [9.17, 15) is 14.9 Å². The largest absolute Gasteiger partial charge is 0.342 e. The second kappa shape index (κ2) is 5.78. The number of nitro benzene ring substituents is 1. The number of amides is 1. The Morgan fingerprint density at radius 3 is 2.90 bits per heavy atom. The van der Waals surface area contributed by atoms with E-state index in [4.69, 9.17) is 0 Å². The van der Waals surface area contributed by atoms with Crippen LogP contribution in [0.5, 0.6) is 0 Å². The Labute approximate surface area is 121 Å². The predicted molar refractivity (Wildman–Crippen MR) is 73.1 cm³/mol. The molecular formula is C11H10BrN5O3. The van der Waals surface area contributed by atoms with Crippen molar-refractivity contribution in [2.24, 2.45) is 0 Å². The number of rotatable bonds is 4. The number of nitro groups is 1. The number of aromatic amines is 1. The normalized spacial score (nSPS) is 11.9. The molecular weight excluding hydrogens is 330 g/mol. The maximum atomic E-state index is 12.1. The fourth-order valence-electron chi connectivity index (χ4n) is 1.60. The van der Waals surface area contributed by atoms with Crippen LogP contribution in [0.2, 0.25) is 0 Å². The molecule has 104 valence electrons. The Bertz CT molecular complexity index is 644. The van der Waals surface area contributed by atoms with E-state index in [2.05, 4.69) is 36.4 Å². The number of benzene rings is 1. The summed E-state index contributed by atoms with van der Waals surface area (Å²) in [4.78, 5) is 26.3. The van der Waals surface area contributed by atoms with Gasteiger partial charge >= 0.3 is 0 Å². The highest BCUT2D eigenvalue weighted by atomic mass is 79.9. The molecule has 0 bridgehead atoms. The zero-order valence-corrected chi connectivity index (χ0v) is 11.9. The van der Waals surface area contributed by atoms with Crippen LogP contribution in [0.1, 0.15) is 29.1 Å². The molecule has 0 aliphatic rings. The van der Waals surface area contributed by atoms with Crippen LogP contribution >= 0.6 is 15.9 Å². The molecule has 1 aromatic carbocycles. The highest BCUT2D eigenvalue weighted by Gasteiger charge is 2.21. The van der Waals surface area contributed by atoms with Crippen molar-refractivity contribution in [1.29, 1.82) is 0 Å². The van der Waals surface area contributed by atoms with Gasteiger partial charge in [0, 0.05) is 6.07 Å². The van der Waals surface area contributed by atoms with Crippen molar-refractivity contribution in [1.82, 2.24) is 20.5 Å². The molecule has 1 unspecified atom stereocenters. The average molecular weight is 340 g/mol. The van der Waals surface area contributed by atoms with E-state index >= 15 is 0 Å². The third kappa shape index (κ3) is 2.82. The van der Waals surface area contributed by atoms with Crippen LogP contribution in [0.25, 0.3) is 0 Å². The van der Waals surface area contributed by atoms with Crippen molar-refractivity contribution in [2.75, 3.05) is 0 Å². The van der Waals surface area contributed by atoms with E-state index in [1.807, 2.05) is 0 Å². The van der Waals surface area contributed by atoms with E-state index < -0.39 is 16.9 Å². The van der Waals surface area contributed by atoms with Crippen molar-refractivity contribution in [3.05, 3.63) is 50.5 Å². The molecule has 2 aromatic rings. The number of carbonyl (C=O) groups is 1. The molecule has 1 amide bonds. The number of hydrogen-bond acceptors (Lipinski definition) is 5. The molecule has 0 aliphatic carbocycles. The van der Waals surface area contributed by atoms with Crippen molar-refractivity contribution in [3.63, 3.8) is 0 Å². The summed E-state index contributed by atoms with van der Waals surface area (Å²) >= 11 is 3.08. The third-order valence-corrected chi connectivity index (χ3v) is 3.44. The number of aromatic nitrogens is 3. The predicted octanol–water partition coefficient (Wildman–Crippen LogP) is 1.97. The molecule has 0 aliphatic heterocycles. The van der Waals surface area contributed by atoms with E-state index in [-0.39, 0.29) is 15.7 Å². The maximum Gasteiger partial charge on any atom is 0.284 e. The van der Waals surface area contributed by atoms with Gasteiger partial charge in [0.15, 0.2) is 0 Å². The average Bonchev–Trinajstić information content (AvgIpc) is 2.92. The van der Waals surface area contributed by atoms with Crippen LogP contribution in [0.15, 0.2) is 29.0 Å². The summed E-state index contributed by atoms with van der Waals surface area (Å²) in [5, 5.41) is 19.8. The molecule has 0 fully saturated rings. The number of carbonyl (C=O) groups excluding carboxylic acids is 1. The fraction of sp³-hybridized carbons (Fsp3) is 0.182.